The van der Waals surface area contributed by atoms with Gasteiger partial charge in [-0.3, -0.25) is 10.1 Å². The van der Waals surface area contributed by atoms with Gasteiger partial charge in [0.15, 0.2) is 5.82 Å². The van der Waals surface area contributed by atoms with Gasteiger partial charge in [0.25, 0.3) is 5.69 Å². The predicted octanol–water partition coefficient (Wildman–Crippen LogP) is 2.61. The lowest BCUT2D eigenvalue weighted by molar-refractivity contribution is -0.384. The van der Waals surface area contributed by atoms with E-state index in [-0.39, 0.29) is 5.69 Å². The minimum atomic E-state index is -0.423. The maximum atomic E-state index is 11.0. The number of hydrogen-bond acceptors (Lipinski definition) is 5. The van der Waals surface area contributed by atoms with Crippen LogP contribution in [-0.2, 0) is 0 Å². The third kappa shape index (κ3) is 2.93. The lowest BCUT2D eigenvalue weighted by Gasteiger charge is -2.08. The highest BCUT2D eigenvalue weighted by atomic mass is 16.6. The fourth-order valence-corrected chi connectivity index (χ4v) is 1.92. The molecule has 7 heteroatoms. The highest BCUT2D eigenvalue weighted by Crippen LogP contribution is 2.21. The highest BCUT2D eigenvalue weighted by Gasteiger charge is 2.14. The summed E-state index contributed by atoms with van der Waals surface area (Å²) < 4.78 is 1.61. The highest BCUT2D eigenvalue weighted by molar-refractivity contribution is 5.50. The maximum absolute atomic E-state index is 11.0. The number of aryl methyl sites for hydroxylation is 2. The number of nitrogens with one attached hydrogen (secondary N) is 1. The van der Waals surface area contributed by atoms with Gasteiger partial charge in [0, 0.05) is 12.2 Å². The van der Waals surface area contributed by atoms with E-state index in [2.05, 4.69) is 15.4 Å². The van der Waals surface area contributed by atoms with Crippen molar-refractivity contribution < 1.29 is 4.92 Å². The van der Waals surface area contributed by atoms with Crippen molar-refractivity contribution in [1.29, 1.82) is 0 Å². The fraction of sp³-hybridized carbons (Fsp3) is 0.385. The number of pyridine rings is 1. The zero-order valence-corrected chi connectivity index (χ0v) is 11.8. The molecule has 2 aromatic rings. The molecule has 0 unspecified atom stereocenters. The van der Waals surface area contributed by atoms with Crippen LogP contribution >= 0.6 is 0 Å². The third-order valence-electron chi connectivity index (χ3n) is 2.79. The molecule has 7 nitrogen and oxygen atoms in total. The molecule has 0 aliphatic carbocycles. The van der Waals surface area contributed by atoms with Crippen LogP contribution in [0.1, 0.15) is 24.7 Å². The van der Waals surface area contributed by atoms with Crippen molar-refractivity contribution >= 4 is 11.5 Å². The van der Waals surface area contributed by atoms with Gasteiger partial charge in [-0.1, -0.05) is 6.92 Å². The summed E-state index contributed by atoms with van der Waals surface area (Å²) in [5, 5.41) is 18.4. The number of hydrogen-bond donors (Lipinski definition) is 1. The molecule has 0 bridgehead atoms. The molecule has 0 aliphatic heterocycles. The lowest BCUT2D eigenvalue weighted by Crippen LogP contribution is -2.08. The largest absolute Gasteiger partial charge is 0.370 e. The van der Waals surface area contributed by atoms with E-state index in [4.69, 9.17) is 0 Å². The van der Waals surface area contributed by atoms with Crippen LogP contribution in [0.15, 0.2) is 18.2 Å². The molecule has 0 aromatic carbocycles. The summed E-state index contributed by atoms with van der Waals surface area (Å²) >= 11 is 0. The zero-order chi connectivity index (χ0) is 14.7. The second-order valence-corrected chi connectivity index (χ2v) is 4.59. The molecule has 0 fully saturated rings. The van der Waals surface area contributed by atoms with E-state index in [1.807, 2.05) is 26.8 Å². The van der Waals surface area contributed by atoms with Gasteiger partial charge in [-0.15, -0.1) is 0 Å². The van der Waals surface area contributed by atoms with E-state index in [0.29, 0.717) is 18.2 Å². The summed E-state index contributed by atoms with van der Waals surface area (Å²) in [6.45, 7) is 6.49. The number of nitrogens with zero attached hydrogens (tertiary/aromatic N) is 4. The molecule has 0 saturated carbocycles. The minimum Gasteiger partial charge on any atom is -0.370 e. The van der Waals surface area contributed by atoms with Crippen LogP contribution in [0.3, 0.4) is 0 Å². The van der Waals surface area contributed by atoms with Crippen LogP contribution in [-0.4, -0.2) is 26.2 Å². The Morgan fingerprint density at radius 3 is 2.65 bits per heavy atom. The molecule has 20 heavy (non-hydrogen) atoms. The Morgan fingerprint density at radius 1 is 1.35 bits per heavy atom. The van der Waals surface area contributed by atoms with Crippen LogP contribution in [0.4, 0.5) is 11.5 Å². The van der Waals surface area contributed by atoms with Crippen molar-refractivity contribution in [3.63, 3.8) is 0 Å². The van der Waals surface area contributed by atoms with Crippen molar-refractivity contribution in [2.24, 2.45) is 0 Å². The van der Waals surface area contributed by atoms with Gasteiger partial charge in [0.05, 0.1) is 22.7 Å². The first-order valence-electron chi connectivity index (χ1n) is 6.45. The van der Waals surface area contributed by atoms with E-state index >= 15 is 0 Å². The summed E-state index contributed by atoms with van der Waals surface area (Å²) in [6.07, 6.45) is 0.916. The molecule has 0 spiro atoms. The lowest BCUT2D eigenvalue weighted by atomic mass is 10.3. The summed E-state index contributed by atoms with van der Waals surface area (Å²) in [5.74, 6) is 0.937. The Morgan fingerprint density at radius 2 is 2.10 bits per heavy atom. The number of aromatic nitrogens is 3. The Kier molecular flexibility index (Phi) is 3.97. The molecule has 0 atom stereocenters. The normalized spacial score (nSPS) is 10.6. The van der Waals surface area contributed by atoms with E-state index < -0.39 is 4.92 Å². The Bertz CT molecular complexity index is 636. The van der Waals surface area contributed by atoms with Crippen LogP contribution in [0.5, 0.6) is 0 Å². The molecule has 0 saturated heterocycles. The molecule has 0 radical (unpaired) electrons. The van der Waals surface area contributed by atoms with Gasteiger partial charge in [-0.25, -0.2) is 9.67 Å². The molecular weight excluding hydrogens is 258 g/mol. The van der Waals surface area contributed by atoms with Crippen molar-refractivity contribution in [2.75, 3.05) is 11.9 Å². The van der Waals surface area contributed by atoms with Crippen LogP contribution in [0.2, 0.25) is 0 Å². The van der Waals surface area contributed by atoms with Gasteiger partial charge in [-0.05, 0) is 26.3 Å². The summed E-state index contributed by atoms with van der Waals surface area (Å²) in [7, 11) is 0. The molecule has 0 aliphatic rings. The summed E-state index contributed by atoms with van der Waals surface area (Å²) in [5.41, 5.74) is 1.73. The second-order valence-electron chi connectivity index (χ2n) is 4.59. The van der Waals surface area contributed by atoms with Gasteiger partial charge >= 0.3 is 0 Å². The van der Waals surface area contributed by atoms with E-state index in [0.717, 1.165) is 17.8 Å². The Hall–Kier alpha value is -2.44. The molecule has 2 aromatic heterocycles. The first-order chi connectivity index (χ1) is 9.51. The molecule has 2 rings (SSSR count). The summed E-state index contributed by atoms with van der Waals surface area (Å²) in [4.78, 5) is 15.0. The molecule has 0 amide bonds. The Balaban J connectivity index is 2.48. The fourth-order valence-electron chi connectivity index (χ4n) is 1.92. The van der Waals surface area contributed by atoms with Crippen LogP contribution in [0.25, 0.3) is 5.82 Å². The Labute approximate surface area is 116 Å². The maximum Gasteiger partial charge on any atom is 0.276 e. The minimum absolute atomic E-state index is 0.00107. The van der Waals surface area contributed by atoms with Gasteiger partial charge < -0.3 is 5.32 Å². The monoisotopic (exact) mass is 275 g/mol. The quantitative estimate of drug-likeness (QED) is 0.669. The van der Waals surface area contributed by atoms with Crippen molar-refractivity contribution in [3.05, 3.63) is 39.7 Å². The molecule has 1 N–H and O–H groups in total. The van der Waals surface area contributed by atoms with Crippen molar-refractivity contribution in [1.82, 2.24) is 14.8 Å². The number of nitro groups is 1. The van der Waals surface area contributed by atoms with Gasteiger partial charge in [-0.2, -0.15) is 5.10 Å². The molecule has 2 heterocycles. The second kappa shape index (κ2) is 5.68. The molecule has 106 valence electrons. The summed E-state index contributed by atoms with van der Waals surface area (Å²) in [6, 6.07) is 4.76. The van der Waals surface area contributed by atoms with Crippen LogP contribution < -0.4 is 5.32 Å². The van der Waals surface area contributed by atoms with Gasteiger partial charge in [0.2, 0.25) is 0 Å². The predicted molar refractivity (Wildman–Crippen MR) is 76.3 cm³/mol. The standard InChI is InChI=1S/C13H17N5O2/c1-4-5-14-12-7-11(18(19)20)8-13(15-12)17-10(3)6-9(2)16-17/h6-8H,4-5H2,1-3H3,(H,14,15). The topological polar surface area (TPSA) is 85.9 Å². The van der Waals surface area contributed by atoms with Gasteiger partial charge in [0.1, 0.15) is 5.82 Å². The first kappa shape index (κ1) is 14.0. The average molecular weight is 275 g/mol. The van der Waals surface area contributed by atoms with E-state index in [9.17, 15) is 10.1 Å². The van der Waals surface area contributed by atoms with E-state index in [1.54, 1.807) is 4.68 Å². The zero-order valence-electron chi connectivity index (χ0n) is 11.8. The average Bonchev–Trinajstić information content (AvgIpc) is 2.75. The van der Waals surface area contributed by atoms with Crippen molar-refractivity contribution in [3.8, 4) is 5.82 Å². The first-order valence-corrected chi connectivity index (χ1v) is 6.45. The number of rotatable bonds is 5. The molecular formula is C13H17N5O2. The smallest absolute Gasteiger partial charge is 0.276 e. The third-order valence-corrected chi connectivity index (χ3v) is 2.79. The number of anilines is 1. The van der Waals surface area contributed by atoms with Crippen molar-refractivity contribution in [2.45, 2.75) is 27.2 Å². The van der Waals surface area contributed by atoms with E-state index in [1.165, 1.54) is 12.1 Å². The van der Waals surface area contributed by atoms with Crippen LogP contribution in [0, 0.1) is 24.0 Å². The SMILES string of the molecule is CCCNc1cc([N+](=O)[O-])cc(-n2nc(C)cc2C)n1.